The van der Waals surface area contributed by atoms with Crippen LogP contribution in [-0.4, -0.2) is 82.6 Å². The molecule has 0 aromatic heterocycles. The summed E-state index contributed by atoms with van der Waals surface area (Å²) in [5, 5.41) is 11.3. The van der Waals surface area contributed by atoms with Crippen molar-refractivity contribution in [1.29, 1.82) is 0 Å². The van der Waals surface area contributed by atoms with Crippen molar-refractivity contribution >= 4 is 57.8 Å². The number of hydrogen-bond donors (Lipinski definition) is 4. The van der Waals surface area contributed by atoms with Crippen LogP contribution < -0.4 is 35.8 Å². The van der Waals surface area contributed by atoms with E-state index in [9.17, 15) is 18.4 Å². The summed E-state index contributed by atoms with van der Waals surface area (Å²) in [4.78, 5) is 30.6. The van der Waals surface area contributed by atoms with Crippen LogP contribution in [-0.2, 0) is 4.74 Å². The van der Waals surface area contributed by atoms with E-state index >= 15 is 0 Å². The van der Waals surface area contributed by atoms with E-state index in [-0.39, 0.29) is 11.6 Å². The Morgan fingerprint density at radius 2 is 1.04 bits per heavy atom. The van der Waals surface area contributed by atoms with Gasteiger partial charge in [-0.15, -0.1) is 0 Å². The molecule has 0 bridgehead atoms. The predicted octanol–water partition coefficient (Wildman–Crippen LogP) is 8.89. The number of hydrogen-bond acceptors (Lipinski definition) is 7. The average Bonchev–Trinajstić information content (AvgIpc) is 3.73. The first-order valence-corrected chi connectivity index (χ1v) is 19.2. The zero-order chi connectivity index (χ0) is 38.4. The molecule has 4 N–H and O–H groups in total. The first kappa shape index (κ1) is 39.6. The van der Waals surface area contributed by atoms with E-state index in [4.69, 9.17) is 21.1 Å². The lowest BCUT2D eigenvalue weighted by Gasteiger charge is -2.29. The Morgan fingerprint density at radius 1 is 0.600 bits per heavy atom. The number of halogens is 3. The molecular weight excluding hydrogens is 728 g/mol. The van der Waals surface area contributed by atoms with Crippen LogP contribution in [0.25, 0.3) is 0 Å². The van der Waals surface area contributed by atoms with E-state index in [1.807, 2.05) is 17.0 Å². The molecule has 4 amide bonds. The van der Waals surface area contributed by atoms with Crippen LogP contribution in [0.2, 0.25) is 5.02 Å². The van der Waals surface area contributed by atoms with Crippen LogP contribution in [0.4, 0.5) is 52.5 Å². The van der Waals surface area contributed by atoms with E-state index in [0.29, 0.717) is 45.8 Å². The van der Waals surface area contributed by atoms with Gasteiger partial charge in [0, 0.05) is 73.6 Å². The monoisotopic (exact) mass is 775 g/mol. The third-order valence-corrected chi connectivity index (χ3v) is 9.80. The molecule has 0 radical (unpaired) electrons. The fourth-order valence-corrected chi connectivity index (χ4v) is 6.77. The minimum atomic E-state index is -0.430. The molecule has 3 aliphatic heterocycles. The number of ether oxygens (including phenoxy) is 2. The number of urea groups is 2. The van der Waals surface area contributed by atoms with Crippen LogP contribution >= 0.6 is 11.6 Å². The van der Waals surface area contributed by atoms with Gasteiger partial charge in [0.05, 0.1) is 24.6 Å². The fraction of sp³-hybridized carbons (Fsp3) is 0.366. The Kier molecular flexibility index (Phi) is 14.4. The van der Waals surface area contributed by atoms with Crippen LogP contribution in [0, 0.1) is 11.6 Å². The number of amides is 4. The van der Waals surface area contributed by atoms with Gasteiger partial charge in [-0.3, -0.25) is 4.90 Å². The Hall–Kier alpha value is -5.11. The number of piperidine rings is 1. The smallest absolute Gasteiger partial charge is 0.323 e. The van der Waals surface area contributed by atoms with Gasteiger partial charge in [0.1, 0.15) is 24.0 Å². The summed E-state index contributed by atoms with van der Waals surface area (Å²) in [7, 11) is 0. The molecule has 7 rings (SSSR count). The molecule has 11 nitrogen and oxygen atoms in total. The lowest BCUT2D eigenvalue weighted by Crippen LogP contribution is -2.38. The topological polar surface area (TPSA) is 110 Å². The molecule has 0 saturated carbocycles. The Labute approximate surface area is 325 Å². The number of carbonyl (C=O) groups excluding carboxylic acids is 2. The zero-order valence-corrected chi connectivity index (χ0v) is 31.6. The van der Waals surface area contributed by atoms with Gasteiger partial charge in [0.2, 0.25) is 0 Å². The third kappa shape index (κ3) is 12.2. The SMILES string of the molecule is O=C(Nc1ccc(Cl)cc1)Nc1ccc(N2CCCC2)c(F)c1.O=C(Nc1ccc(OCCN2CCOCC2)cc1)Nc1ccc(N2CCCCC2)c(F)c1. The second-order valence-electron chi connectivity index (χ2n) is 13.6. The zero-order valence-electron chi connectivity index (χ0n) is 30.8. The van der Waals surface area contributed by atoms with Gasteiger partial charge < -0.3 is 40.5 Å². The van der Waals surface area contributed by atoms with Gasteiger partial charge in [-0.1, -0.05) is 11.6 Å². The van der Waals surface area contributed by atoms with Crippen molar-refractivity contribution in [2.24, 2.45) is 0 Å². The predicted molar refractivity (Wildman–Crippen MR) is 216 cm³/mol. The minimum absolute atomic E-state index is 0.316. The van der Waals surface area contributed by atoms with Crippen LogP contribution in [0.3, 0.4) is 0 Å². The first-order chi connectivity index (χ1) is 26.8. The number of anilines is 6. The standard InChI is InChI=1S/C24H31FN4O3.C17H17ClFN3O/c25-22-18-20(6-9-23(22)29-10-2-1-3-11-29)27-24(30)26-19-4-7-21(8-5-19)32-17-14-28-12-15-31-16-13-28;18-12-3-5-13(6-4-12)20-17(23)21-14-7-8-16(15(19)11-14)22-9-1-2-10-22/h4-9,18H,1-3,10-17H2,(H2,26,27,30);3-8,11H,1-2,9-10H2,(H2,20,21,23). The van der Waals surface area contributed by atoms with Crippen molar-refractivity contribution in [3.8, 4) is 5.75 Å². The van der Waals surface area contributed by atoms with Crippen LogP contribution in [0.15, 0.2) is 84.9 Å². The lowest BCUT2D eigenvalue weighted by molar-refractivity contribution is 0.0322. The van der Waals surface area contributed by atoms with E-state index in [1.165, 1.54) is 18.6 Å². The summed E-state index contributed by atoms with van der Waals surface area (Å²) in [6.07, 6.45) is 5.53. The molecule has 3 aliphatic rings. The number of morpholine rings is 1. The highest BCUT2D eigenvalue weighted by atomic mass is 35.5. The molecule has 3 fully saturated rings. The quantitative estimate of drug-likeness (QED) is 0.127. The molecule has 3 saturated heterocycles. The summed E-state index contributed by atoms with van der Waals surface area (Å²) in [6.45, 7) is 8.38. The lowest BCUT2D eigenvalue weighted by atomic mass is 10.1. The highest BCUT2D eigenvalue weighted by Crippen LogP contribution is 2.28. The Balaban J connectivity index is 0.000000197. The summed E-state index contributed by atoms with van der Waals surface area (Å²) in [6, 6.07) is 22.7. The molecule has 292 valence electrons. The normalized spacial score (nSPS) is 15.8. The summed E-state index contributed by atoms with van der Waals surface area (Å²) in [5.41, 5.74) is 3.27. The van der Waals surface area contributed by atoms with Crippen molar-refractivity contribution < 1.29 is 27.8 Å². The van der Waals surface area contributed by atoms with Crippen molar-refractivity contribution in [2.45, 2.75) is 32.1 Å². The highest BCUT2D eigenvalue weighted by Gasteiger charge is 2.18. The van der Waals surface area contributed by atoms with E-state index in [0.717, 1.165) is 90.5 Å². The van der Waals surface area contributed by atoms with E-state index in [1.54, 1.807) is 60.7 Å². The maximum absolute atomic E-state index is 14.5. The molecule has 3 heterocycles. The molecule has 14 heteroatoms. The molecule has 0 atom stereocenters. The Morgan fingerprint density at radius 3 is 1.53 bits per heavy atom. The minimum Gasteiger partial charge on any atom is -0.492 e. The maximum atomic E-state index is 14.5. The molecule has 4 aromatic rings. The number of rotatable bonds is 10. The molecule has 0 aliphatic carbocycles. The van der Waals surface area contributed by atoms with Crippen molar-refractivity contribution in [3.63, 3.8) is 0 Å². The van der Waals surface area contributed by atoms with Crippen molar-refractivity contribution in [1.82, 2.24) is 4.90 Å². The van der Waals surface area contributed by atoms with Gasteiger partial charge in [-0.05, 0) is 117 Å². The first-order valence-electron chi connectivity index (χ1n) is 18.8. The average molecular weight is 776 g/mol. The van der Waals surface area contributed by atoms with Crippen LogP contribution in [0.5, 0.6) is 5.75 Å². The number of carbonyl (C=O) groups is 2. The maximum Gasteiger partial charge on any atom is 0.323 e. The van der Waals surface area contributed by atoms with Crippen molar-refractivity contribution in [3.05, 3.63) is 102 Å². The third-order valence-electron chi connectivity index (χ3n) is 9.55. The highest BCUT2D eigenvalue weighted by molar-refractivity contribution is 6.30. The van der Waals surface area contributed by atoms with Gasteiger partial charge in [-0.2, -0.15) is 0 Å². The molecular formula is C41H48ClF2N7O4. The Bertz CT molecular complexity index is 1850. The molecule has 0 spiro atoms. The van der Waals surface area contributed by atoms with Gasteiger partial charge in [0.15, 0.2) is 0 Å². The van der Waals surface area contributed by atoms with Crippen molar-refractivity contribution in [2.75, 3.05) is 96.7 Å². The van der Waals surface area contributed by atoms with E-state index in [2.05, 4.69) is 31.1 Å². The summed E-state index contributed by atoms with van der Waals surface area (Å²) < 4.78 is 39.9. The molecule has 4 aromatic carbocycles. The second-order valence-corrected chi connectivity index (χ2v) is 14.0. The van der Waals surface area contributed by atoms with Gasteiger partial charge in [-0.25, -0.2) is 18.4 Å². The number of benzene rings is 4. The molecule has 0 unspecified atom stereocenters. The fourth-order valence-electron chi connectivity index (χ4n) is 6.65. The molecule has 55 heavy (non-hydrogen) atoms. The number of nitrogens with zero attached hydrogens (tertiary/aromatic N) is 3. The summed E-state index contributed by atoms with van der Waals surface area (Å²) in [5.74, 6) is 0.110. The van der Waals surface area contributed by atoms with Gasteiger partial charge >= 0.3 is 12.1 Å². The number of nitrogens with one attached hydrogen (secondary N) is 4. The van der Waals surface area contributed by atoms with Gasteiger partial charge in [0.25, 0.3) is 0 Å². The second kappa shape index (κ2) is 20.0. The summed E-state index contributed by atoms with van der Waals surface area (Å²) >= 11 is 5.79. The largest absolute Gasteiger partial charge is 0.492 e. The van der Waals surface area contributed by atoms with Crippen LogP contribution in [0.1, 0.15) is 32.1 Å². The van der Waals surface area contributed by atoms with E-state index < -0.39 is 12.1 Å².